The van der Waals surface area contributed by atoms with Crippen LogP contribution in [-0.2, 0) is 0 Å². The molecule has 5 rings (SSSR count). The lowest BCUT2D eigenvalue weighted by atomic mass is 9.90. The first-order valence-corrected chi connectivity index (χ1v) is 10.4. The molecule has 0 aromatic heterocycles. The summed E-state index contributed by atoms with van der Waals surface area (Å²) in [7, 11) is 6.80. The van der Waals surface area contributed by atoms with E-state index in [9.17, 15) is 0 Å². The van der Waals surface area contributed by atoms with Gasteiger partial charge in [0, 0.05) is 21.5 Å². The zero-order valence-corrected chi connectivity index (χ0v) is 18.6. The van der Waals surface area contributed by atoms with Gasteiger partial charge in [0.15, 0.2) is 0 Å². The molecule has 0 heterocycles. The summed E-state index contributed by atoms with van der Waals surface area (Å²) in [6, 6.07) is 24.7. The highest BCUT2D eigenvalue weighted by Crippen LogP contribution is 2.48. The Morgan fingerprint density at radius 1 is 0.469 bits per heavy atom. The zero-order valence-electron chi connectivity index (χ0n) is 18.6. The molecular weight excluding hydrogens is 400 g/mol. The summed E-state index contributed by atoms with van der Waals surface area (Å²) in [4.78, 5) is 0. The molecule has 160 valence electrons. The Balaban J connectivity index is 2.01. The molecule has 0 N–H and O–H groups in total. The van der Waals surface area contributed by atoms with Crippen LogP contribution in [0.3, 0.4) is 0 Å². The maximum absolute atomic E-state index is 5.98. The van der Waals surface area contributed by atoms with Crippen molar-refractivity contribution in [2.24, 2.45) is 0 Å². The smallest absolute Gasteiger partial charge is 0.135 e. The van der Waals surface area contributed by atoms with Crippen molar-refractivity contribution < 1.29 is 18.9 Å². The van der Waals surface area contributed by atoms with Crippen LogP contribution in [0.4, 0.5) is 0 Å². The van der Waals surface area contributed by atoms with Crippen molar-refractivity contribution in [3.63, 3.8) is 0 Å². The summed E-state index contributed by atoms with van der Waals surface area (Å²) in [6.45, 7) is 0. The Labute approximate surface area is 186 Å². The van der Waals surface area contributed by atoms with Crippen LogP contribution in [0.2, 0.25) is 0 Å². The van der Waals surface area contributed by atoms with Crippen molar-refractivity contribution in [2.75, 3.05) is 28.4 Å². The Hall–Kier alpha value is -3.92. The summed E-state index contributed by atoms with van der Waals surface area (Å²) >= 11 is 0. The van der Waals surface area contributed by atoms with Gasteiger partial charge in [-0.15, -0.1) is 0 Å². The largest absolute Gasteiger partial charge is 0.497 e. The third kappa shape index (κ3) is 2.99. The molecule has 0 unspecified atom stereocenters. The van der Waals surface area contributed by atoms with Crippen molar-refractivity contribution in [1.82, 2.24) is 0 Å². The Kier molecular flexibility index (Phi) is 4.98. The Morgan fingerprint density at radius 2 is 1.09 bits per heavy atom. The number of ether oxygens (including phenoxy) is 4. The molecule has 0 spiro atoms. The average molecular weight is 424 g/mol. The molecule has 0 aliphatic carbocycles. The monoisotopic (exact) mass is 424 g/mol. The minimum Gasteiger partial charge on any atom is -0.497 e. The van der Waals surface area contributed by atoms with E-state index in [1.54, 1.807) is 28.4 Å². The average Bonchev–Trinajstić information content (AvgIpc) is 2.86. The van der Waals surface area contributed by atoms with Gasteiger partial charge in [-0.3, -0.25) is 0 Å². The highest BCUT2D eigenvalue weighted by atomic mass is 16.5. The van der Waals surface area contributed by atoms with Crippen LogP contribution in [0.1, 0.15) is 0 Å². The van der Waals surface area contributed by atoms with Gasteiger partial charge in [0.05, 0.1) is 28.4 Å². The van der Waals surface area contributed by atoms with Crippen LogP contribution >= 0.6 is 0 Å². The standard InChI is InChI=1S/C28H24O4/c1-29-18-11-9-17(10-12-18)23-16-25-26(24-15-19(30-2)13-14-20(23)24)28(32-4)22-8-6-5-7-21(22)27(25)31-3/h5-16H,1-4H3. The Bertz CT molecular complexity index is 1450. The number of fused-ring (bicyclic) bond motifs is 4. The van der Waals surface area contributed by atoms with Crippen LogP contribution in [0.15, 0.2) is 72.8 Å². The van der Waals surface area contributed by atoms with Gasteiger partial charge in [0.25, 0.3) is 0 Å². The first-order chi connectivity index (χ1) is 15.7. The maximum Gasteiger partial charge on any atom is 0.135 e. The molecule has 32 heavy (non-hydrogen) atoms. The molecule has 4 nitrogen and oxygen atoms in total. The van der Waals surface area contributed by atoms with E-state index in [2.05, 4.69) is 42.5 Å². The maximum atomic E-state index is 5.98. The summed E-state index contributed by atoms with van der Waals surface area (Å²) in [5.74, 6) is 3.28. The van der Waals surface area contributed by atoms with Gasteiger partial charge >= 0.3 is 0 Å². The normalized spacial score (nSPS) is 11.1. The van der Waals surface area contributed by atoms with Crippen LogP contribution < -0.4 is 18.9 Å². The van der Waals surface area contributed by atoms with Crippen molar-refractivity contribution in [2.45, 2.75) is 0 Å². The summed E-state index contributed by atoms with van der Waals surface area (Å²) in [5, 5.41) is 6.19. The lowest BCUT2D eigenvalue weighted by molar-refractivity contribution is 0.415. The number of rotatable bonds is 5. The fourth-order valence-electron chi connectivity index (χ4n) is 4.56. The van der Waals surface area contributed by atoms with Crippen LogP contribution in [0.5, 0.6) is 23.0 Å². The molecule has 0 atom stereocenters. The van der Waals surface area contributed by atoms with E-state index < -0.39 is 0 Å². The van der Waals surface area contributed by atoms with Crippen LogP contribution in [0, 0.1) is 0 Å². The molecule has 0 bridgehead atoms. The molecule has 5 aromatic rings. The molecule has 4 heteroatoms. The van der Waals surface area contributed by atoms with E-state index in [1.807, 2.05) is 30.3 Å². The number of benzene rings is 5. The minimum atomic E-state index is 0.792. The third-order valence-corrected chi connectivity index (χ3v) is 6.04. The van der Waals surface area contributed by atoms with E-state index in [4.69, 9.17) is 18.9 Å². The summed E-state index contributed by atoms with van der Waals surface area (Å²) in [5.41, 5.74) is 2.20. The highest BCUT2D eigenvalue weighted by molar-refractivity contribution is 6.23. The molecule has 0 saturated heterocycles. The number of methoxy groups -OCH3 is 4. The van der Waals surface area contributed by atoms with Gasteiger partial charge < -0.3 is 18.9 Å². The second-order valence-electron chi connectivity index (χ2n) is 7.60. The number of hydrogen-bond donors (Lipinski definition) is 0. The van der Waals surface area contributed by atoms with Crippen LogP contribution in [0.25, 0.3) is 43.4 Å². The Morgan fingerprint density at radius 3 is 1.72 bits per heavy atom. The van der Waals surface area contributed by atoms with Crippen molar-refractivity contribution in [3.05, 3.63) is 72.8 Å². The number of hydrogen-bond acceptors (Lipinski definition) is 4. The third-order valence-electron chi connectivity index (χ3n) is 6.04. The first kappa shape index (κ1) is 20.0. The quantitative estimate of drug-likeness (QED) is 0.228. The fourth-order valence-corrected chi connectivity index (χ4v) is 4.56. The molecular formula is C28H24O4. The second-order valence-corrected chi connectivity index (χ2v) is 7.60. The summed E-state index contributed by atoms with van der Waals surface area (Å²) < 4.78 is 22.9. The molecule has 0 saturated carbocycles. The van der Waals surface area contributed by atoms with Gasteiger partial charge in [-0.2, -0.15) is 0 Å². The highest BCUT2D eigenvalue weighted by Gasteiger charge is 2.20. The topological polar surface area (TPSA) is 36.9 Å². The predicted octanol–water partition coefficient (Wildman–Crippen LogP) is 6.85. The van der Waals surface area contributed by atoms with Gasteiger partial charge in [-0.05, 0) is 52.2 Å². The van der Waals surface area contributed by atoms with Gasteiger partial charge in [0.1, 0.15) is 23.0 Å². The predicted molar refractivity (Wildman–Crippen MR) is 131 cm³/mol. The van der Waals surface area contributed by atoms with E-state index in [1.165, 1.54) is 0 Å². The fraction of sp³-hybridized carbons (Fsp3) is 0.143. The molecule has 0 aliphatic heterocycles. The molecule has 0 aliphatic rings. The summed E-state index contributed by atoms with van der Waals surface area (Å²) in [6.07, 6.45) is 0. The van der Waals surface area contributed by atoms with Gasteiger partial charge in [-0.1, -0.05) is 42.5 Å². The second kappa shape index (κ2) is 7.97. The lowest BCUT2D eigenvalue weighted by Crippen LogP contribution is -1.95. The minimum absolute atomic E-state index is 0.792. The van der Waals surface area contributed by atoms with Crippen molar-refractivity contribution in [1.29, 1.82) is 0 Å². The van der Waals surface area contributed by atoms with Crippen molar-refractivity contribution >= 4 is 32.3 Å². The molecule has 0 amide bonds. The van der Waals surface area contributed by atoms with Crippen molar-refractivity contribution in [3.8, 4) is 34.1 Å². The molecule has 0 radical (unpaired) electrons. The lowest BCUT2D eigenvalue weighted by Gasteiger charge is -2.19. The van der Waals surface area contributed by atoms with E-state index in [0.29, 0.717) is 0 Å². The van der Waals surface area contributed by atoms with Crippen LogP contribution in [-0.4, -0.2) is 28.4 Å². The SMILES string of the molecule is COc1ccc(-c2cc3c(OC)c4ccccc4c(OC)c3c3cc(OC)ccc23)cc1. The van der Waals surface area contributed by atoms with E-state index >= 15 is 0 Å². The van der Waals surface area contributed by atoms with E-state index in [0.717, 1.165) is 66.4 Å². The zero-order chi connectivity index (χ0) is 22.2. The molecule has 0 fully saturated rings. The van der Waals surface area contributed by atoms with Gasteiger partial charge in [-0.25, -0.2) is 0 Å². The first-order valence-electron chi connectivity index (χ1n) is 10.4. The molecule has 5 aromatic carbocycles. The van der Waals surface area contributed by atoms with E-state index in [-0.39, 0.29) is 0 Å². The van der Waals surface area contributed by atoms with Gasteiger partial charge in [0.2, 0.25) is 0 Å².